The van der Waals surface area contributed by atoms with Gasteiger partial charge in [0.25, 0.3) is 11.1 Å². The average Bonchev–Trinajstić information content (AvgIpc) is 3.01. The normalized spacial score (nSPS) is 15.1. The van der Waals surface area contributed by atoms with Crippen molar-refractivity contribution in [1.29, 1.82) is 0 Å². The molecule has 0 atom stereocenters. The van der Waals surface area contributed by atoms with E-state index in [9.17, 15) is 14.0 Å². The summed E-state index contributed by atoms with van der Waals surface area (Å²) in [6, 6.07) is 23.0. The molecule has 0 radical (unpaired) electrons. The molecule has 0 bridgehead atoms. The van der Waals surface area contributed by atoms with Gasteiger partial charge in [-0.3, -0.25) is 14.5 Å². The molecule has 1 heterocycles. The molecule has 0 N–H and O–H groups in total. The molecule has 1 aliphatic rings. The van der Waals surface area contributed by atoms with E-state index in [1.165, 1.54) is 11.0 Å². The lowest BCUT2D eigenvalue weighted by Crippen LogP contribution is -2.27. The molecule has 6 heteroatoms. The first kappa shape index (κ1) is 19.9. The number of imide groups is 1. The van der Waals surface area contributed by atoms with Crippen molar-refractivity contribution in [3.8, 4) is 5.75 Å². The van der Waals surface area contributed by atoms with E-state index >= 15 is 0 Å². The van der Waals surface area contributed by atoms with Crippen LogP contribution in [0.4, 0.5) is 9.18 Å². The molecule has 1 saturated heterocycles. The van der Waals surface area contributed by atoms with Crippen molar-refractivity contribution in [3.63, 3.8) is 0 Å². The summed E-state index contributed by atoms with van der Waals surface area (Å²) in [5.41, 5.74) is 2.08. The molecule has 4 nitrogen and oxygen atoms in total. The van der Waals surface area contributed by atoms with E-state index in [1.54, 1.807) is 42.5 Å². The van der Waals surface area contributed by atoms with Gasteiger partial charge in [-0.25, -0.2) is 4.39 Å². The van der Waals surface area contributed by atoms with Crippen molar-refractivity contribution in [2.24, 2.45) is 0 Å². The third-order valence-electron chi connectivity index (χ3n) is 4.57. The highest BCUT2D eigenvalue weighted by Gasteiger charge is 2.34. The fraction of sp³-hybridized carbons (Fsp3) is 0.0833. The van der Waals surface area contributed by atoms with Gasteiger partial charge in [-0.15, -0.1) is 0 Å². The molecule has 30 heavy (non-hydrogen) atoms. The SMILES string of the molecule is O=C1S/C(=C/c2cccc(OCc3ccccc3F)c2)C(=O)N1Cc1ccccc1. The number of amides is 2. The highest BCUT2D eigenvalue weighted by Crippen LogP contribution is 2.33. The Morgan fingerprint density at radius 2 is 1.70 bits per heavy atom. The zero-order valence-electron chi connectivity index (χ0n) is 16.0. The highest BCUT2D eigenvalue weighted by molar-refractivity contribution is 8.18. The molecular weight excluding hydrogens is 401 g/mol. The molecule has 4 rings (SSSR count). The van der Waals surface area contributed by atoms with Crippen LogP contribution in [0.3, 0.4) is 0 Å². The first-order valence-electron chi connectivity index (χ1n) is 9.36. The second kappa shape index (κ2) is 8.97. The summed E-state index contributed by atoms with van der Waals surface area (Å²) in [6.45, 7) is 0.346. The lowest BCUT2D eigenvalue weighted by molar-refractivity contribution is -0.123. The fourth-order valence-corrected chi connectivity index (χ4v) is 3.86. The largest absolute Gasteiger partial charge is 0.489 e. The van der Waals surface area contributed by atoms with Crippen LogP contribution in [0.1, 0.15) is 16.7 Å². The van der Waals surface area contributed by atoms with Crippen molar-refractivity contribution < 1.29 is 18.7 Å². The van der Waals surface area contributed by atoms with Gasteiger partial charge in [-0.05, 0) is 47.2 Å². The van der Waals surface area contributed by atoms with Crippen LogP contribution in [0.25, 0.3) is 6.08 Å². The quantitative estimate of drug-likeness (QED) is 0.485. The lowest BCUT2D eigenvalue weighted by Gasteiger charge is -2.12. The fourth-order valence-electron chi connectivity index (χ4n) is 3.02. The zero-order valence-corrected chi connectivity index (χ0v) is 16.8. The van der Waals surface area contributed by atoms with Gasteiger partial charge in [0, 0.05) is 5.56 Å². The van der Waals surface area contributed by atoms with Crippen molar-refractivity contribution in [1.82, 2.24) is 4.90 Å². The first-order chi connectivity index (χ1) is 14.6. The number of rotatable bonds is 6. The number of benzene rings is 3. The zero-order chi connectivity index (χ0) is 20.9. The standard InChI is InChI=1S/C24H18FNO3S/c25-21-12-5-4-10-19(21)16-29-20-11-6-9-18(13-20)14-22-23(27)26(24(28)30-22)15-17-7-2-1-3-8-17/h1-14H,15-16H2/b22-14+. The van der Waals surface area contributed by atoms with Crippen LogP contribution in [0.15, 0.2) is 83.8 Å². The number of nitrogens with zero attached hydrogens (tertiary/aromatic N) is 1. The smallest absolute Gasteiger partial charge is 0.293 e. The predicted molar refractivity (Wildman–Crippen MR) is 115 cm³/mol. The molecule has 0 aromatic heterocycles. The number of halogens is 1. The van der Waals surface area contributed by atoms with Crippen molar-refractivity contribution in [2.45, 2.75) is 13.2 Å². The molecule has 0 saturated carbocycles. The van der Waals surface area contributed by atoms with Crippen LogP contribution >= 0.6 is 11.8 Å². The number of carbonyl (C=O) groups is 2. The summed E-state index contributed by atoms with van der Waals surface area (Å²) in [5, 5.41) is -0.290. The highest BCUT2D eigenvalue weighted by atomic mass is 32.2. The Labute approximate surface area is 178 Å². The number of ether oxygens (including phenoxy) is 1. The van der Waals surface area contributed by atoms with Crippen LogP contribution in [0.2, 0.25) is 0 Å². The maximum atomic E-state index is 13.7. The second-order valence-electron chi connectivity index (χ2n) is 6.71. The Balaban J connectivity index is 1.47. The maximum absolute atomic E-state index is 13.7. The van der Waals surface area contributed by atoms with Gasteiger partial charge in [-0.1, -0.05) is 60.7 Å². The minimum Gasteiger partial charge on any atom is -0.489 e. The second-order valence-corrected chi connectivity index (χ2v) is 7.70. The van der Waals surface area contributed by atoms with Gasteiger partial charge >= 0.3 is 0 Å². The summed E-state index contributed by atoms with van der Waals surface area (Å²) in [6.07, 6.45) is 1.67. The van der Waals surface area contributed by atoms with E-state index < -0.39 is 0 Å². The minimum absolute atomic E-state index is 0.101. The molecule has 150 valence electrons. The molecule has 3 aromatic rings. The Hall–Kier alpha value is -3.38. The molecule has 0 unspecified atom stereocenters. The van der Waals surface area contributed by atoms with Gasteiger partial charge in [0.05, 0.1) is 11.4 Å². The Bertz CT molecular complexity index is 1110. The van der Waals surface area contributed by atoms with Gasteiger partial charge in [0.1, 0.15) is 18.2 Å². The lowest BCUT2D eigenvalue weighted by atomic mass is 10.2. The Morgan fingerprint density at radius 3 is 2.50 bits per heavy atom. The maximum Gasteiger partial charge on any atom is 0.293 e. The minimum atomic E-state index is -0.319. The number of hydrogen-bond donors (Lipinski definition) is 0. The number of hydrogen-bond acceptors (Lipinski definition) is 4. The molecule has 1 fully saturated rings. The number of thioether (sulfide) groups is 1. The van der Waals surface area contributed by atoms with E-state index in [1.807, 2.05) is 36.4 Å². The topological polar surface area (TPSA) is 46.6 Å². The summed E-state index contributed by atoms with van der Waals surface area (Å²) < 4.78 is 19.4. The van der Waals surface area contributed by atoms with Crippen LogP contribution in [0.5, 0.6) is 5.75 Å². The first-order valence-corrected chi connectivity index (χ1v) is 10.2. The summed E-state index contributed by atoms with van der Waals surface area (Å²) in [5.74, 6) is -0.0807. The van der Waals surface area contributed by atoms with Gasteiger partial charge in [0.15, 0.2) is 0 Å². The van der Waals surface area contributed by atoms with Crippen molar-refractivity contribution in [2.75, 3.05) is 0 Å². The predicted octanol–water partition coefficient (Wildman–Crippen LogP) is 5.64. The molecule has 2 amide bonds. The van der Waals surface area contributed by atoms with E-state index in [4.69, 9.17) is 4.74 Å². The van der Waals surface area contributed by atoms with Crippen LogP contribution in [-0.4, -0.2) is 16.0 Å². The number of carbonyl (C=O) groups excluding carboxylic acids is 2. The third-order valence-corrected chi connectivity index (χ3v) is 5.47. The summed E-state index contributed by atoms with van der Waals surface area (Å²) in [7, 11) is 0. The van der Waals surface area contributed by atoms with Crippen LogP contribution in [-0.2, 0) is 17.9 Å². The van der Waals surface area contributed by atoms with E-state index in [2.05, 4.69) is 0 Å². The monoisotopic (exact) mass is 419 g/mol. The van der Waals surface area contributed by atoms with Crippen LogP contribution in [0, 0.1) is 5.82 Å². The van der Waals surface area contributed by atoms with Gasteiger partial charge < -0.3 is 4.74 Å². The molecular formula is C24H18FNO3S. The van der Waals surface area contributed by atoms with Crippen molar-refractivity contribution in [3.05, 3.63) is 106 Å². The summed E-state index contributed by atoms with van der Waals surface area (Å²) >= 11 is 0.922. The Kier molecular flexibility index (Phi) is 5.95. The van der Waals surface area contributed by atoms with E-state index in [0.29, 0.717) is 16.2 Å². The van der Waals surface area contributed by atoms with Crippen LogP contribution < -0.4 is 4.74 Å². The molecule has 3 aromatic carbocycles. The molecule has 1 aliphatic heterocycles. The van der Waals surface area contributed by atoms with E-state index in [-0.39, 0.29) is 30.1 Å². The molecule has 0 spiro atoms. The average molecular weight is 419 g/mol. The van der Waals surface area contributed by atoms with Gasteiger partial charge in [-0.2, -0.15) is 0 Å². The molecule has 0 aliphatic carbocycles. The van der Waals surface area contributed by atoms with Crippen molar-refractivity contribution >= 4 is 29.0 Å². The Morgan fingerprint density at radius 1 is 0.933 bits per heavy atom. The van der Waals surface area contributed by atoms with E-state index in [0.717, 1.165) is 22.9 Å². The van der Waals surface area contributed by atoms with Gasteiger partial charge in [0.2, 0.25) is 0 Å². The third kappa shape index (κ3) is 4.60. The summed E-state index contributed by atoms with van der Waals surface area (Å²) in [4.78, 5) is 26.6.